The first-order chi connectivity index (χ1) is 8.54. The molecule has 0 saturated carbocycles. The van der Waals surface area contributed by atoms with Crippen LogP contribution >= 0.6 is 0 Å². The summed E-state index contributed by atoms with van der Waals surface area (Å²) >= 11 is 0. The lowest BCUT2D eigenvalue weighted by atomic mass is 10.2. The molecule has 0 aliphatic rings. The van der Waals surface area contributed by atoms with Gasteiger partial charge >= 0.3 is 0 Å². The van der Waals surface area contributed by atoms with E-state index in [1.807, 2.05) is 18.7 Å². The molecular weight excluding hydrogens is 226 g/mol. The van der Waals surface area contributed by atoms with E-state index in [1.54, 1.807) is 0 Å². The zero-order chi connectivity index (χ0) is 14.0. The van der Waals surface area contributed by atoms with Crippen LogP contribution in [0.3, 0.4) is 0 Å². The third-order valence-electron chi connectivity index (χ3n) is 3.34. The predicted octanol–water partition coefficient (Wildman–Crippen LogP) is 1.69. The molecule has 2 N–H and O–H groups in total. The van der Waals surface area contributed by atoms with Crippen molar-refractivity contribution in [2.75, 3.05) is 32.7 Å². The fourth-order valence-corrected chi connectivity index (χ4v) is 1.99. The minimum atomic E-state index is 0.114. The molecule has 4 nitrogen and oxygen atoms in total. The molecule has 108 valence electrons. The van der Waals surface area contributed by atoms with E-state index in [9.17, 15) is 4.79 Å². The first-order valence-electron chi connectivity index (χ1n) is 7.30. The van der Waals surface area contributed by atoms with Crippen molar-refractivity contribution in [3.05, 3.63) is 0 Å². The molecule has 0 bridgehead atoms. The van der Waals surface area contributed by atoms with Crippen LogP contribution in [-0.4, -0.2) is 54.5 Å². The molecule has 0 aromatic heterocycles. The molecule has 0 aromatic rings. The number of nitrogens with zero attached hydrogens (tertiary/aromatic N) is 2. The number of carbonyl (C=O) groups excluding carboxylic acids is 1. The highest BCUT2D eigenvalue weighted by Gasteiger charge is 2.12. The van der Waals surface area contributed by atoms with Crippen LogP contribution in [0.4, 0.5) is 0 Å². The van der Waals surface area contributed by atoms with Gasteiger partial charge in [0.15, 0.2) is 0 Å². The van der Waals surface area contributed by atoms with Crippen LogP contribution in [0.15, 0.2) is 0 Å². The molecule has 4 heteroatoms. The van der Waals surface area contributed by atoms with Crippen molar-refractivity contribution in [3.8, 4) is 0 Å². The summed E-state index contributed by atoms with van der Waals surface area (Å²) in [6, 6.07) is 0.114. The Balaban J connectivity index is 3.91. The Labute approximate surface area is 113 Å². The molecule has 18 heavy (non-hydrogen) atoms. The summed E-state index contributed by atoms with van der Waals surface area (Å²) < 4.78 is 0. The first kappa shape index (κ1) is 17.4. The Morgan fingerprint density at radius 3 is 2.17 bits per heavy atom. The lowest BCUT2D eigenvalue weighted by molar-refractivity contribution is -0.131. The number of rotatable bonds is 10. The summed E-state index contributed by atoms with van der Waals surface area (Å²) in [6.07, 6.45) is 2.42. The fourth-order valence-electron chi connectivity index (χ4n) is 1.99. The highest BCUT2D eigenvalue weighted by Crippen LogP contribution is 2.02. The van der Waals surface area contributed by atoms with Crippen molar-refractivity contribution in [2.45, 2.75) is 53.0 Å². The molecular formula is C14H31N3O. The predicted molar refractivity (Wildman–Crippen MR) is 77.5 cm³/mol. The quantitative estimate of drug-likeness (QED) is 0.648. The smallest absolute Gasteiger partial charge is 0.222 e. The maximum atomic E-state index is 12.0. The zero-order valence-corrected chi connectivity index (χ0v) is 12.6. The molecule has 0 fully saturated rings. The second kappa shape index (κ2) is 10.3. The van der Waals surface area contributed by atoms with Gasteiger partial charge < -0.3 is 15.5 Å². The number of nitrogens with two attached hydrogens (primary N) is 1. The van der Waals surface area contributed by atoms with Gasteiger partial charge in [-0.1, -0.05) is 13.8 Å². The van der Waals surface area contributed by atoms with Crippen LogP contribution in [0.2, 0.25) is 0 Å². The monoisotopic (exact) mass is 257 g/mol. The summed E-state index contributed by atoms with van der Waals surface area (Å²) in [5.74, 6) is 0.245. The molecule has 0 aromatic carbocycles. The molecule has 0 heterocycles. The SMILES string of the molecule is CCN(CC)CCCN(CC)C(=O)CCC(C)N. The molecule has 1 unspecified atom stereocenters. The van der Waals surface area contributed by atoms with Gasteiger partial charge in [-0.15, -0.1) is 0 Å². The second-order valence-electron chi connectivity index (χ2n) is 4.87. The number of amides is 1. The van der Waals surface area contributed by atoms with E-state index in [4.69, 9.17) is 5.73 Å². The Morgan fingerprint density at radius 1 is 1.11 bits per heavy atom. The van der Waals surface area contributed by atoms with Crippen LogP contribution in [0.5, 0.6) is 0 Å². The summed E-state index contributed by atoms with van der Waals surface area (Å²) in [4.78, 5) is 16.3. The first-order valence-corrected chi connectivity index (χ1v) is 7.30. The van der Waals surface area contributed by atoms with E-state index < -0.39 is 0 Å². The minimum Gasteiger partial charge on any atom is -0.343 e. The summed E-state index contributed by atoms with van der Waals surface area (Å²) in [6.45, 7) is 13.3. The molecule has 0 aliphatic carbocycles. The Bertz CT molecular complexity index is 215. The highest BCUT2D eigenvalue weighted by molar-refractivity contribution is 5.76. The van der Waals surface area contributed by atoms with E-state index in [-0.39, 0.29) is 11.9 Å². The molecule has 0 radical (unpaired) electrons. The van der Waals surface area contributed by atoms with Crippen molar-refractivity contribution in [2.24, 2.45) is 5.73 Å². The lowest BCUT2D eigenvalue weighted by Gasteiger charge is -2.24. The Morgan fingerprint density at radius 2 is 1.72 bits per heavy atom. The number of hydrogen-bond acceptors (Lipinski definition) is 3. The van der Waals surface area contributed by atoms with Gasteiger partial charge in [0.1, 0.15) is 0 Å². The normalized spacial score (nSPS) is 12.8. The van der Waals surface area contributed by atoms with E-state index in [0.717, 1.165) is 45.6 Å². The average molecular weight is 257 g/mol. The molecule has 1 atom stereocenters. The maximum Gasteiger partial charge on any atom is 0.222 e. The highest BCUT2D eigenvalue weighted by atomic mass is 16.2. The van der Waals surface area contributed by atoms with Crippen LogP contribution in [0.1, 0.15) is 47.0 Å². The van der Waals surface area contributed by atoms with E-state index >= 15 is 0 Å². The van der Waals surface area contributed by atoms with Gasteiger partial charge in [0.25, 0.3) is 0 Å². The Hall–Kier alpha value is -0.610. The van der Waals surface area contributed by atoms with Gasteiger partial charge in [-0.25, -0.2) is 0 Å². The van der Waals surface area contributed by atoms with Crippen LogP contribution < -0.4 is 5.73 Å². The fraction of sp³-hybridized carbons (Fsp3) is 0.929. The summed E-state index contributed by atoms with van der Waals surface area (Å²) in [5.41, 5.74) is 5.68. The summed E-state index contributed by atoms with van der Waals surface area (Å²) in [5, 5.41) is 0. The maximum absolute atomic E-state index is 12.0. The molecule has 0 aliphatic heterocycles. The van der Waals surface area contributed by atoms with Crippen molar-refractivity contribution < 1.29 is 4.79 Å². The third-order valence-corrected chi connectivity index (χ3v) is 3.34. The van der Waals surface area contributed by atoms with Gasteiger partial charge in [-0.3, -0.25) is 4.79 Å². The Kier molecular flexibility index (Phi) is 9.98. The van der Waals surface area contributed by atoms with Crippen LogP contribution in [0, 0.1) is 0 Å². The van der Waals surface area contributed by atoms with Crippen molar-refractivity contribution in [3.63, 3.8) is 0 Å². The average Bonchev–Trinajstić information content (AvgIpc) is 2.36. The van der Waals surface area contributed by atoms with Crippen molar-refractivity contribution in [1.82, 2.24) is 9.80 Å². The summed E-state index contributed by atoms with van der Waals surface area (Å²) in [7, 11) is 0. The van der Waals surface area contributed by atoms with E-state index in [1.165, 1.54) is 0 Å². The number of carbonyl (C=O) groups is 1. The van der Waals surface area contributed by atoms with Crippen molar-refractivity contribution in [1.29, 1.82) is 0 Å². The molecule has 1 amide bonds. The molecule has 0 spiro atoms. The molecule has 0 saturated heterocycles. The second-order valence-corrected chi connectivity index (χ2v) is 4.87. The van der Waals surface area contributed by atoms with E-state index in [0.29, 0.717) is 6.42 Å². The van der Waals surface area contributed by atoms with Gasteiger partial charge in [0.05, 0.1) is 0 Å². The van der Waals surface area contributed by atoms with Gasteiger partial charge in [0, 0.05) is 25.6 Å². The lowest BCUT2D eigenvalue weighted by Crippen LogP contribution is -2.35. The van der Waals surface area contributed by atoms with Gasteiger partial charge in [-0.05, 0) is 46.3 Å². The van der Waals surface area contributed by atoms with Gasteiger partial charge in [-0.2, -0.15) is 0 Å². The van der Waals surface area contributed by atoms with Crippen LogP contribution in [-0.2, 0) is 4.79 Å². The van der Waals surface area contributed by atoms with E-state index in [2.05, 4.69) is 18.7 Å². The zero-order valence-electron chi connectivity index (χ0n) is 12.6. The van der Waals surface area contributed by atoms with Gasteiger partial charge in [0.2, 0.25) is 5.91 Å². The minimum absolute atomic E-state index is 0.114. The molecule has 0 rings (SSSR count). The topological polar surface area (TPSA) is 49.6 Å². The van der Waals surface area contributed by atoms with Crippen molar-refractivity contribution >= 4 is 5.91 Å². The largest absolute Gasteiger partial charge is 0.343 e. The standard InChI is InChI=1S/C14H31N3O/c1-5-16(6-2)11-8-12-17(7-3)14(18)10-9-13(4)15/h13H,5-12,15H2,1-4H3. The third kappa shape index (κ3) is 7.67. The van der Waals surface area contributed by atoms with Crippen LogP contribution in [0.25, 0.3) is 0 Å². The number of hydrogen-bond donors (Lipinski definition) is 1.